The molecule has 0 aliphatic heterocycles. The minimum atomic E-state index is -0.888. The first kappa shape index (κ1) is 13.5. The normalized spacial score (nSPS) is 13.0. The maximum atomic E-state index is 13.8. The van der Waals surface area contributed by atoms with E-state index in [9.17, 15) is 18.4 Å². The first-order chi connectivity index (χ1) is 11.1. The van der Waals surface area contributed by atoms with Gasteiger partial charge in [0.05, 0.1) is 0 Å². The number of oxazole rings is 1. The van der Waals surface area contributed by atoms with E-state index in [0.717, 1.165) is 12.1 Å². The van der Waals surface area contributed by atoms with Gasteiger partial charge in [-0.25, -0.2) is 13.8 Å². The van der Waals surface area contributed by atoms with Crippen LogP contribution in [0.1, 0.15) is 32.2 Å². The van der Waals surface area contributed by atoms with Gasteiger partial charge in [0.1, 0.15) is 17.2 Å². The summed E-state index contributed by atoms with van der Waals surface area (Å²) in [5, 5.41) is 0. The van der Waals surface area contributed by atoms with Crippen LogP contribution in [-0.4, -0.2) is 16.6 Å². The Morgan fingerprint density at radius 3 is 2.09 bits per heavy atom. The Kier molecular flexibility index (Phi) is 2.74. The van der Waals surface area contributed by atoms with Crippen molar-refractivity contribution >= 4 is 11.6 Å². The van der Waals surface area contributed by atoms with Crippen molar-refractivity contribution in [3.63, 3.8) is 0 Å². The highest BCUT2D eigenvalue weighted by atomic mass is 19.1. The minimum absolute atomic E-state index is 0.182. The van der Waals surface area contributed by atoms with E-state index < -0.39 is 34.7 Å². The van der Waals surface area contributed by atoms with E-state index in [0.29, 0.717) is 0 Å². The van der Waals surface area contributed by atoms with Gasteiger partial charge in [0.2, 0.25) is 23.2 Å². The van der Waals surface area contributed by atoms with Gasteiger partial charge in [0.25, 0.3) is 0 Å². The lowest BCUT2D eigenvalue weighted by Crippen LogP contribution is -2.19. The molecule has 112 valence electrons. The monoisotopic (exact) mass is 311 g/mol. The SMILES string of the molecule is O=C1c2ccccc2C(=O)c2oc(-c3c(F)cccc3F)nc21. The summed E-state index contributed by atoms with van der Waals surface area (Å²) in [6, 6.07) is 9.50. The molecule has 4 nitrogen and oxygen atoms in total. The summed E-state index contributed by atoms with van der Waals surface area (Å²) in [5.74, 6) is -3.55. The summed E-state index contributed by atoms with van der Waals surface area (Å²) in [6.45, 7) is 0. The van der Waals surface area contributed by atoms with Crippen LogP contribution < -0.4 is 0 Å². The largest absolute Gasteiger partial charge is 0.432 e. The first-order valence-electron chi connectivity index (χ1n) is 6.71. The number of ketones is 2. The Labute approximate surface area is 128 Å². The summed E-state index contributed by atoms with van der Waals surface area (Å²) in [6.07, 6.45) is 0. The van der Waals surface area contributed by atoms with Gasteiger partial charge >= 0.3 is 0 Å². The number of carbonyl (C=O) groups excluding carboxylic acids is 2. The molecule has 0 N–H and O–H groups in total. The van der Waals surface area contributed by atoms with Crippen LogP contribution in [0.3, 0.4) is 0 Å². The van der Waals surface area contributed by atoms with Crippen LogP contribution in [-0.2, 0) is 0 Å². The lowest BCUT2D eigenvalue weighted by Gasteiger charge is -2.10. The van der Waals surface area contributed by atoms with E-state index in [1.807, 2.05) is 0 Å². The van der Waals surface area contributed by atoms with Crippen LogP contribution in [0.25, 0.3) is 11.5 Å². The number of halogens is 2. The summed E-state index contributed by atoms with van der Waals surface area (Å²) in [5.41, 5.74) is -0.363. The Bertz CT molecular complexity index is 919. The molecule has 1 heterocycles. The fourth-order valence-corrected chi connectivity index (χ4v) is 2.57. The second kappa shape index (κ2) is 4.67. The lowest BCUT2D eigenvalue weighted by atomic mass is 9.91. The molecule has 0 radical (unpaired) electrons. The van der Waals surface area contributed by atoms with Gasteiger partial charge in [0.15, 0.2) is 5.69 Å². The molecule has 0 unspecified atom stereocenters. The number of carbonyl (C=O) groups is 2. The quantitative estimate of drug-likeness (QED) is 0.540. The van der Waals surface area contributed by atoms with Crippen LogP contribution in [0, 0.1) is 11.6 Å². The molecule has 2 aromatic carbocycles. The molecule has 0 bridgehead atoms. The van der Waals surface area contributed by atoms with Crippen LogP contribution in [0.4, 0.5) is 8.78 Å². The van der Waals surface area contributed by atoms with E-state index in [-0.39, 0.29) is 22.6 Å². The topological polar surface area (TPSA) is 60.2 Å². The van der Waals surface area contributed by atoms with Gasteiger partial charge in [-0.1, -0.05) is 30.3 Å². The molecule has 1 aromatic heterocycles. The predicted molar refractivity (Wildman–Crippen MR) is 75.2 cm³/mol. The van der Waals surface area contributed by atoms with E-state index in [1.54, 1.807) is 12.1 Å². The van der Waals surface area contributed by atoms with Gasteiger partial charge in [-0.05, 0) is 12.1 Å². The van der Waals surface area contributed by atoms with Crippen molar-refractivity contribution < 1.29 is 22.8 Å². The van der Waals surface area contributed by atoms with Gasteiger partial charge < -0.3 is 4.42 Å². The van der Waals surface area contributed by atoms with Crippen molar-refractivity contribution in [2.75, 3.05) is 0 Å². The van der Waals surface area contributed by atoms with E-state index in [2.05, 4.69) is 4.98 Å². The molecule has 1 aliphatic carbocycles. The number of fused-ring (bicyclic) bond motifs is 2. The average Bonchev–Trinajstić information content (AvgIpc) is 2.98. The van der Waals surface area contributed by atoms with Crippen molar-refractivity contribution in [3.8, 4) is 11.5 Å². The zero-order valence-electron chi connectivity index (χ0n) is 11.5. The number of hydrogen-bond acceptors (Lipinski definition) is 4. The highest BCUT2D eigenvalue weighted by molar-refractivity contribution is 6.26. The standard InChI is InChI=1S/C17H7F2NO3/c18-10-6-3-7-11(19)12(10)17-20-13-14(21)8-4-1-2-5-9(8)15(22)16(13)23-17/h1-7H. The van der Waals surface area contributed by atoms with Gasteiger partial charge in [-0.2, -0.15) is 0 Å². The highest BCUT2D eigenvalue weighted by Crippen LogP contribution is 2.32. The number of benzene rings is 2. The number of hydrogen-bond donors (Lipinski definition) is 0. The van der Waals surface area contributed by atoms with Gasteiger partial charge in [-0.3, -0.25) is 9.59 Å². The van der Waals surface area contributed by atoms with Crippen molar-refractivity contribution in [2.24, 2.45) is 0 Å². The highest BCUT2D eigenvalue weighted by Gasteiger charge is 2.35. The molecule has 4 rings (SSSR count). The summed E-state index contributed by atoms with van der Waals surface area (Å²) >= 11 is 0. The lowest BCUT2D eigenvalue weighted by molar-refractivity contribution is 0.0959. The third-order valence-electron chi connectivity index (χ3n) is 3.64. The Hall–Kier alpha value is -3.15. The molecule has 3 aromatic rings. The van der Waals surface area contributed by atoms with Crippen LogP contribution in [0.15, 0.2) is 46.9 Å². The molecule has 0 amide bonds. The predicted octanol–water partition coefficient (Wildman–Crippen LogP) is 3.40. The third kappa shape index (κ3) is 1.85. The zero-order valence-corrected chi connectivity index (χ0v) is 11.5. The van der Waals surface area contributed by atoms with Crippen LogP contribution >= 0.6 is 0 Å². The van der Waals surface area contributed by atoms with Crippen LogP contribution in [0.5, 0.6) is 0 Å². The molecule has 0 spiro atoms. The molecular weight excluding hydrogens is 304 g/mol. The second-order valence-corrected chi connectivity index (χ2v) is 5.00. The molecule has 23 heavy (non-hydrogen) atoms. The molecule has 0 fully saturated rings. The van der Waals surface area contributed by atoms with E-state index in [1.165, 1.54) is 18.2 Å². The summed E-state index contributed by atoms with van der Waals surface area (Å²) in [7, 11) is 0. The Morgan fingerprint density at radius 2 is 1.43 bits per heavy atom. The summed E-state index contributed by atoms with van der Waals surface area (Å²) in [4.78, 5) is 28.7. The van der Waals surface area contributed by atoms with Crippen LogP contribution in [0.2, 0.25) is 0 Å². The van der Waals surface area contributed by atoms with Crippen molar-refractivity contribution in [1.29, 1.82) is 0 Å². The minimum Gasteiger partial charge on any atom is -0.432 e. The van der Waals surface area contributed by atoms with Gasteiger partial charge in [0, 0.05) is 11.1 Å². The van der Waals surface area contributed by atoms with E-state index in [4.69, 9.17) is 4.42 Å². The number of nitrogens with zero attached hydrogens (tertiary/aromatic N) is 1. The average molecular weight is 311 g/mol. The van der Waals surface area contributed by atoms with Gasteiger partial charge in [-0.15, -0.1) is 0 Å². The molecular formula is C17H7F2NO3. The van der Waals surface area contributed by atoms with Crippen molar-refractivity contribution in [2.45, 2.75) is 0 Å². The zero-order chi connectivity index (χ0) is 16.1. The molecule has 6 heteroatoms. The molecule has 0 atom stereocenters. The maximum absolute atomic E-state index is 13.8. The first-order valence-corrected chi connectivity index (χ1v) is 6.71. The molecule has 0 saturated heterocycles. The smallest absolute Gasteiger partial charge is 0.233 e. The molecule has 1 aliphatic rings. The number of aromatic nitrogens is 1. The Morgan fingerprint density at radius 1 is 0.826 bits per heavy atom. The Balaban J connectivity index is 1.95. The molecule has 0 saturated carbocycles. The van der Waals surface area contributed by atoms with E-state index >= 15 is 0 Å². The fourth-order valence-electron chi connectivity index (χ4n) is 2.57. The van der Waals surface area contributed by atoms with Crippen molar-refractivity contribution in [1.82, 2.24) is 4.98 Å². The maximum Gasteiger partial charge on any atom is 0.233 e. The number of rotatable bonds is 1. The van der Waals surface area contributed by atoms with Crippen molar-refractivity contribution in [3.05, 3.63) is 76.7 Å². The fraction of sp³-hybridized carbons (Fsp3) is 0. The summed E-state index contributed by atoms with van der Waals surface area (Å²) < 4.78 is 32.9. The third-order valence-corrected chi connectivity index (χ3v) is 3.64. The second-order valence-electron chi connectivity index (χ2n) is 5.00.